The summed E-state index contributed by atoms with van der Waals surface area (Å²) >= 11 is 1.14. The number of aromatic nitrogens is 2. The minimum Gasteiger partial charge on any atom is -0.496 e. The van der Waals surface area contributed by atoms with Crippen molar-refractivity contribution >= 4 is 17.7 Å². The first kappa shape index (κ1) is 16.4. The molecule has 1 aromatic carbocycles. The lowest BCUT2D eigenvalue weighted by molar-refractivity contribution is -0.151. The lowest BCUT2D eigenvalue weighted by Crippen LogP contribution is -2.24. The molecule has 6 nitrogen and oxygen atoms in total. The lowest BCUT2D eigenvalue weighted by Gasteiger charge is -2.18. The number of nitrogens with zero attached hydrogens (tertiary/aromatic N) is 2. The highest BCUT2D eigenvalue weighted by Gasteiger charge is 2.18. The number of carbonyl (C=O) groups excluding carboxylic acids is 1. The maximum atomic E-state index is 11.7. The molecule has 0 N–H and O–H groups in total. The van der Waals surface area contributed by atoms with Gasteiger partial charge in [0.25, 0.3) is 11.1 Å². The smallest absolute Gasteiger partial charge is 0.316 e. The maximum Gasteiger partial charge on any atom is 0.316 e. The molecular formula is C15H18N2O4S. The van der Waals surface area contributed by atoms with Gasteiger partial charge in [-0.2, -0.15) is 0 Å². The zero-order chi connectivity index (χ0) is 16.2. The number of para-hydroxylation sites is 1. The normalized spacial score (nSPS) is 11.3. The van der Waals surface area contributed by atoms with Crippen LogP contribution >= 0.6 is 11.8 Å². The third-order valence-corrected chi connectivity index (χ3v) is 3.27. The molecule has 2 aromatic rings. The second-order valence-corrected chi connectivity index (χ2v) is 6.38. The molecule has 0 spiro atoms. The van der Waals surface area contributed by atoms with Gasteiger partial charge in [0.2, 0.25) is 0 Å². The third-order valence-electron chi connectivity index (χ3n) is 2.48. The van der Waals surface area contributed by atoms with Crippen LogP contribution in [0.2, 0.25) is 0 Å². The summed E-state index contributed by atoms with van der Waals surface area (Å²) in [4.78, 5) is 11.7. The monoisotopic (exact) mass is 322 g/mol. The van der Waals surface area contributed by atoms with Crippen LogP contribution in [0.3, 0.4) is 0 Å². The summed E-state index contributed by atoms with van der Waals surface area (Å²) in [6, 6.07) is 7.36. The maximum absolute atomic E-state index is 11.7. The van der Waals surface area contributed by atoms with E-state index in [9.17, 15) is 4.79 Å². The van der Waals surface area contributed by atoms with Gasteiger partial charge in [-0.25, -0.2) is 0 Å². The van der Waals surface area contributed by atoms with Crippen molar-refractivity contribution in [2.75, 3.05) is 12.9 Å². The van der Waals surface area contributed by atoms with E-state index in [1.807, 2.05) is 45.0 Å². The summed E-state index contributed by atoms with van der Waals surface area (Å²) in [5.41, 5.74) is 0.205. The summed E-state index contributed by atoms with van der Waals surface area (Å²) in [5, 5.41) is 8.21. The fourth-order valence-electron chi connectivity index (χ4n) is 1.69. The Balaban J connectivity index is 2.02. The van der Waals surface area contributed by atoms with E-state index in [0.29, 0.717) is 22.4 Å². The zero-order valence-corrected chi connectivity index (χ0v) is 13.8. The number of thioether (sulfide) groups is 1. The SMILES string of the molecule is COc1ccccc1-c1nnc(SCC(=O)OC(C)(C)C)o1. The molecule has 1 heterocycles. The molecule has 1 aromatic heterocycles. The largest absolute Gasteiger partial charge is 0.496 e. The predicted molar refractivity (Wildman–Crippen MR) is 82.9 cm³/mol. The molecule has 0 bridgehead atoms. The van der Waals surface area contributed by atoms with E-state index >= 15 is 0 Å². The van der Waals surface area contributed by atoms with Gasteiger partial charge in [-0.05, 0) is 32.9 Å². The number of methoxy groups -OCH3 is 1. The fourth-order valence-corrected chi connectivity index (χ4v) is 2.23. The first-order valence-corrected chi connectivity index (χ1v) is 7.69. The number of rotatable bonds is 5. The second kappa shape index (κ2) is 6.83. The quantitative estimate of drug-likeness (QED) is 0.618. The molecule has 0 aliphatic heterocycles. The van der Waals surface area contributed by atoms with Crippen LogP contribution in [0.4, 0.5) is 0 Å². The van der Waals surface area contributed by atoms with E-state index < -0.39 is 5.60 Å². The van der Waals surface area contributed by atoms with E-state index in [4.69, 9.17) is 13.9 Å². The van der Waals surface area contributed by atoms with Gasteiger partial charge in [-0.15, -0.1) is 10.2 Å². The molecule has 0 unspecified atom stereocenters. The van der Waals surface area contributed by atoms with Gasteiger partial charge < -0.3 is 13.9 Å². The van der Waals surface area contributed by atoms with Gasteiger partial charge in [-0.1, -0.05) is 23.9 Å². The average molecular weight is 322 g/mol. The molecule has 0 saturated carbocycles. The Morgan fingerprint density at radius 3 is 2.68 bits per heavy atom. The van der Waals surface area contributed by atoms with Gasteiger partial charge in [0.15, 0.2) is 0 Å². The van der Waals surface area contributed by atoms with E-state index in [0.717, 1.165) is 11.8 Å². The summed E-state index contributed by atoms with van der Waals surface area (Å²) in [5.74, 6) is 0.790. The zero-order valence-electron chi connectivity index (χ0n) is 13.0. The van der Waals surface area contributed by atoms with Crippen LogP contribution in [0.5, 0.6) is 5.75 Å². The molecule has 0 amide bonds. The summed E-state index contributed by atoms with van der Waals surface area (Å²) < 4.78 is 16.0. The fraction of sp³-hybridized carbons (Fsp3) is 0.400. The molecule has 0 saturated heterocycles. The Kier molecular flexibility index (Phi) is 5.07. The minimum atomic E-state index is -0.505. The van der Waals surface area contributed by atoms with Crippen LogP contribution < -0.4 is 4.74 Å². The lowest BCUT2D eigenvalue weighted by atomic mass is 10.2. The van der Waals surface area contributed by atoms with Crippen molar-refractivity contribution in [3.63, 3.8) is 0 Å². The number of hydrogen-bond donors (Lipinski definition) is 0. The average Bonchev–Trinajstić information content (AvgIpc) is 2.92. The van der Waals surface area contributed by atoms with Gasteiger partial charge >= 0.3 is 5.97 Å². The molecule has 0 aliphatic rings. The number of benzene rings is 1. The van der Waals surface area contributed by atoms with E-state index in [2.05, 4.69) is 10.2 Å². The summed E-state index contributed by atoms with van der Waals surface area (Å²) in [6.07, 6.45) is 0. The number of esters is 1. The Morgan fingerprint density at radius 1 is 1.27 bits per heavy atom. The van der Waals surface area contributed by atoms with Gasteiger partial charge in [0.05, 0.1) is 12.7 Å². The number of ether oxygens (including phenoxy) is 2. The Hall–Kier alpha value is -2.02. The molecule has 0 atom stereocenters. The van der Waals surface area contributed by atoms with Crippen molar-refractivity contribution < 1.29 is 18.7 Å². The van der Waals surface area contributed by atoms with E-state index in [1.165, 1.54) is 0 Å². The highest BCUT2D eigenvalue weighted by atomic mass is 32.2. The molecule has 0 radical (unpaired) electrons. The molecule has 22 heavy (non-hydrogen) atoms. The second-order valence-electron chi connectivity index (χ2n) is 5.45. The Morgan fingerprint density at radius 2 is 2.00 bits per heavy atom. The van der Waals surface area contributed by atoms with Crippen molar-refractivity contribution in [3.05, 3.63) is 24.3 Å². The third kappa shape index (κ3) is 4.49. The van der Waals surface area contributed by atoms with Crippen molar-refractivity contribution in [2.24, 2.45) is 0 Å². The molecule has 2 rings (SSSR count). The number of hydrogen-bond acceptors (Lipinski definition) is 7. The van der Waals surface area contributed by atoms with Gasteiger partial charge in [-0.3, -0.25) is 4.79 Å². The van der Waals surface area contributed by atoms with Gasteiger partial charge in [0.1, 0.15) is 17.1 Å². The van der Waals surface area contributed by atoms with Gasteiger partial charge in [0, 0.05) is 0 Å². The molecule has 0 fully saturated rings. The standard InChI is InChI=1S/C15H18N2O4S/c1-15(2,3)21-12(18)9-22-14-17-16-13(20-14)10-7-5-6-8-11(10)19-4/h5-8H,9H2,1-4H3. The van der Waals surface area contributed by atoms with Crippen LogP contribution in [0.1, 0.15) is 20.8 Å². The van der Waals surface area contributed by atoms with Crippen LogP contribution in [-0.4, -0.2) is 34.6 Å². The van der Waals surface area contributed by atoms with E-state index in [-0.39, 0.29) is 11.7 Å². The molecular weight excluding hydrogens is 304 g/mol. The number of carbonyl (C=O) groups is 1. The minimum absolute atomic E-state index is 0.116. The Bertz CT molecular complexity index is 649. The van der Waals surface area contributed by atoms with Crippen LogP contribution in [0, 0.1) is 0 Å². The molecule has 118 valence electrons. The first-order valence-electron chi connectivity index (χ1n) is 6.70. The van der Waals surface area contributed by atoms with Crippen LogP contribution in [-0.2, 0) is 9.53 Å². The molecule has 0 aliphatic carbocycles. The summed E-state index contributed by atoms with van der Waals surface area (Å²) in [6.45, 7) is 5.46. The molecule has 7 heteroatoms. The van der Waals surface area contributed by atoms with Crippen molar-refractivity contribution in [2.45, 2.75) is 31.6 Å². The van der Waals surface area contributed by atoms with Crippen LogP contribution in [0.15, 0.2) is 33.9 Å². The summed E-state index contributed by atoms with van der Waals surface area (Å²) in [7, 11) is 1.58. The highest BCUT2D eigenvalue weighted by molar-refractivity contribution is 7.99. The Labute approximate surface area is 133 Å². The van der Waals surface area contributed by atoms with E-state index in [1.54, 1.807) is 7.11 Å². The van der Waals surface area contributed by atoms with Crippen molar-refractivity contribution in [1.29, 1.82) is 0 Å². The van der Waals surface area contributed by atoms with Crippen LogP contribution in [0.25, 0.3) is 11.5 Å². The van der Waals surface area contributed by atoms with Crippen molar-refractivity contribution in [3.8, 4) is 17.2 Å². The van der Waals surface area contributed by atoms with Crippen molar-refractivity contribution in [1.82, 2.24) is 10.2 Å². The first-order chi connectivity index (χ1) is 10.4. The topological polar surface area (TPSA) is 74.5 Å². The highest BCUT2D eigenvalue weighted by Crippen LogP contribution is 2.30. The predicted octanol–water partition coefficient (Wildman–Crippen LogP) is 3.18.